The van der Waals surface area contributed by atoms with Crippen LogP contribution in [0.3, 0.4) is 0 Å². The molecule has 2 aliphatic rings. The number of benzene rings is 1. The smallest absolute Gasteiger partial charge is 0.128 e. The molecule has 0 bridgehead atoms. The van der Waals surface area contributed by atoms with Gasteiger partial charge in [0.05, 0.1) is 18.2 Å². The van der Waals surface area contributed by atoms with Gasteiger partial charge in [-0.3, -0.25) is 0 Å². The summed E-state index contributed by atoms with van der Waals surface area (Å²) in [5, 5.41) is 0. The first-order valence-corrected chi connectivity index (χ1v) is 6.43. The summed E-state index contributed by atoms with van der Waals surface area (Å²) in [6.45, 7) is 0.619. The predicted octanol–water partition coefficient (Wildman–Crippen LogP) is 2.37. The van der Waals surface area contributed by atoms with Crippen molar-refractivity contribution in [2.45, 2.75) is 30.9 Å². The first kappa shape index (κ1) is 12.1. The average molecular weight is 251 g/mol. The number of nitrogens with one attached hydrogen (secondary N) is 1. The Balaban J connectivity index is 1.96. The highest BCUT2D eigenvalue weighted by atomic mass is 19.1. The number of hydrogen-bond acceptors (Lipinski definition) is 3. The average Bonchev–Trinajstić information content (AvgIpc) is 2.82. The Bertz CT molecular complexity index is 440. The van der Waals surface area contributed by atoms with E-state index in [0.717, 1.165) is 24.8 Å². The first-order chi connectivity index (χ1) is 8.76. The molecule has 0 amide bonds. The van der Waals surface area contributed by atoms with Crippen LogP contribution in [0.2, 0.25) is 0 Å². The monoisotopic (exact) mass is 251 g/mol. The molecule has 1 N–H and O–H groups in total. The number of halogens is 1. The highest BCUT2D eigenvalue weighted by Crippen LogP contribution is 2.46. The number of methoxy groups -OCH3 is 1. The highest BCUT2D eigenvalue weighted by Gasteiger charge is 2.50. The van der Waals surface area contributed by atoms with Crippen LogP contribution in [-0.2, 0) is 15.1 Å². The molecular formula is C14H18FNO2. The Morgan fingerprint density at radius 3 is 3.06 bits per heavy atom. The zero-order valence-electron chi connectivity index (χ0n) is 10.5. The van der Waals surface area contributed by atoms with Crippen LogP contribution >= 0.6 is 0 Å². The minimum absolute atomic E-state index is 0.156. The fourth-order valence-corrected chi connectivity index (χ4v) is 3.29. The maximum absolute atomic E-state index is 14.1. The van der Waals surface area contributed by atoms with Crippen LogP contribution < -0.4 is 5.48 Å². The fraction of sp³-hybridized carbons (Fsp3) is 0.571. The molecule has 0 aromatic heterocycles. The summed E-state index contributed by atoms with van der Waals surface area (Å²) in [6, 6.07) is 6.98. The molecule has 1 aromatic rings. The molecular weight excluding hydrogens is 233 g/mol. The van der Waals surface area contributed by atoms with Crippen molar-refractivity contribution >= 4 is 0 Å². The lowest BCUT2D eigenvalue weighted by molar-refractivity contribution is 0.0126. The van der Waals surface area contributed by atoms with E-state index in [1.807, 2.05) is 12.1 Å². The normalized spacial score (nSPS) is 35.4. The SMILES string of the molecule is COC1CC[C@]2(c3ccccc3F)NOC[C@@H]2C1. The van der Waals surface area contributed by atoms with Crippen LogP contribution in [0.5, 0.6) is 0 Å². The molecule has 4 heteroatoms. The van der Waals surface area contributed by atoms with Crippen LogP contribution in [-0.4, -0.2) is 19.8 Å². The van der Waals surface area contributed by atoms with Gasteiger partial charge in [0.1, 0.15) is 5.82 Å². The minimum atomic E-state index is -0.375. The predicted molar refractivity (Wildman–Crippen MR) is 65.3 cm³/mol. The third-order valence-corrected chi connectivity index (χ3v) is 4.33. The standard InChI is InChI=1S/C14H18FNO2/c1-17-11-6-7-14(10(8-11)9-18-16-14)12-4-2-3-5-13(12)15/h2-5,10-11,16H,6-9H2,1H3/t10-,11?,14-/m0/s1. The fourth-order valence-electron chi connectivity index (χ4n) is 3.29. The molecule has 18 heavy (non-hydrogen) atoms. The quantitative estimate of drug-likeness (QED) is 0.875. The number of fused-ring (bicyclic) bond motifs is 1. The molecule has 1 aliphatic carbocycles. The van der Waals surface area contributed by atoms with Crippen molar-refractivity contribution in [1.82, 2.24) is 5.48 Å². The van der Waals surface area contributed by atoms with Gasteiger partial charge in [-0.25, -0.2) is 4.39 Å². The van der Waals surface area contributed by atoms with E-state index in [0.29, 0.717) is 6.61 Å². The second-order valence-electron chi connectivity index (χ2n) is 5.19. The van der Waals surface area contributed by atoms with E-state index in [1.165, 1.54) is 6.07 Å². The molecule has 2 fully saturated rings. The molecule has 98 valence electrons. The van der Waals surface area contributed by atoms with E-state index in [9.17, 15) is 4.39 Å². The van der Waals surface area contributed by atoms with Crippen LogP contribution in [0.15, 0.2) is 24.3 Å². The largest absolute Gasteiger partial charge is 0.381 e. The number of hydroxylamine groups is 1. The third-order valence-electron chi connectivity index (χ3n) is 4.33. The van der Waals surface area contributed by atoms with Crippen LogP contribution in [0.4, 0.5) is 4.39 Å². The van der Waals surface area contributed by atoms with Crippen LogP contribution in [0.1, 0.15) is 24.8 Å². The summed E-state index contributed by atoms with van der Waals surface area (Å²) in [7, 11) is 1.74. The van der Waals surface area contributed by atoms with Crippen molar-refractivity contribution in [2.24, 2.45) is 5.92 Å². The van der Waals surface area contributed by atoms with E-state index >= 15 is 0 Å². The second-order valence-corrected chi connectivity index (χ2v) is 5.19. The Hall–Kier alpha value is -0.970. The summed E-state index contributed by atoms with van der Waals surface area (Å²) in [5.41, 5.74) is 3.43. The van der Waals surface area contributed by atoms with Crippen molar-refractivity contribution < 1.29 is 14.0 Å². The van der Waals surface area contributed by atoms with Gasteiger partial charge >= 0.3 is 0 Å². The zero-order valence-corrected chi connectivity index (χ0v) is 10.5. The molecule has 3 rings (SSSR count). The third kappa shape index (κ3) is 1.76. The van der Waals surface area contributed by atoms with Gasteiger partial charge in [0.2, 0.25) is 0 Å². The van der Waals surface area contributed by atoms with Crippen molar-refractivity contribution in [3.63, 3.8) is 0 Å². The van der Waals surface area contributed by atoms with Gasteiger partial charge in [-0.05, 0) is 25.3 Å². The lowest BCUT2D eigenvalue weighted by atomic mass is 9.69. The van der Waals surface area contributed by atoms with Gasteiger partial charge in [0, 0.05) is 18.6 Å². The Morgan fingerprint density at radius 1 is 1.44 bits per heavy atom. The molecule has 1 heterocycles. The Kier molecular flexibility index (Phi) is 3.09. The van der Waals surface area contributed by atoms with E-state index in [2.05, 4.69) is 5.48 Å². The molecule has 1 aliphatic heterocycles. The molecule has 1 saturated heterocycles. The van der Waals surface area contributed by atoms with Gasteiger partial charge in [0.15, 0.2) is 0 Å². The topological polar surface area (TPSA) is 30.5 Å². The number of rotatable bonds is 2. The molecule has 1 unspecified atom stereocenters. The molecule has 1 saturated carbocycles. The summed E-state index contributed by atoms with van der Waals surface area (Å²) >= 11 is 0. The van der Waals surface area contributed by atoms with Gasteiger partial charge in [-0.15, -0.1) is 0 Å². The van der Waals surface area contributed by atoms with Gasteiger partial charge in [-0.1, -0.05) is 18.2 Å². The Labute approximate surface area is 106 Å². The summed E-state index contributed by atoms with van der Waals surface area (Å²) in [4.78, 5) is 5.42. The highest BCUT2D eigenvalue weighted by molar-refractivity contribution is 5.29. The van der Waals surface area contributed by atoms with Gasteiger partial charge in [0.25, 0.3) is 0 Å². The number of hydrogen-bond donors (Lipinski definition) is 1. The van der Waals surface area contributed by atoms with Crippen molar-refractivity contribution in [3.05, 3.63) is 35.6 Å². The molecule has 1 aromatic carbocycles. The van der Waals surface area contributed by atoms with Crippen LogP contribution in [0, 0.1) is 11.7 Å². The minimum Gasteiger partial charge on any atom is -0.381 e. The van der Waals surface area contributed by atoms with E-state index in [4.69, 9.17) is 9.57 Å². The number of ether oxygens (including phenoxy) is 1. The molecule has 0 radical (unpaired) electrons. The van der Waals surface area contributed by atoms with Crippen molar-refractivity contribution in [2.75, 3.05) is 13.7 Å². The van der Waals surface area contributed by atoms with Crippen molar-refractivity contribution in [3.8, 4) is 0 Å². The lowest BCUT2D eigenvalue weighted by Gasteiger charge is -2.40. The summed E-state index contributed by atoms with van der Waals surface area (Å²) < 4.78 is 19.5. The van der Waals surface area contributed by atoms with Gasteiger partial charge < -0.3 is 9.57 Å². The summed E-state index contributed by atoms with van der Waals surface area (Å²) in [5.74, 6) is 0.115. The maximum Gasteiger partial charge on any atom is 0.128 e. The zero-order chi connectivity index (χ0) is 12.6. The summed E-state index contributed by atoms with van der Waals surface area (Å²) in [6.07, 6.45) is 2.95. The van der Waals surface area contributed by atoms with Crippen molar-refractivity contribution in [1.29, 1.82) is 0 Å². The molecule has 3 nitrogen and oxygen atoms in total. The first-order valence-electron chi connectivity index (χ1n) is 6.43. The van der Waals surface area contributed by atoms with E-state index < -0.39 is 0 Å². The second kappa shape index (κ2) is 4.61. The molecule has 3 atom stereocenters. The van der Waals surface area contributed by atoms with Crippen LogP contribution in [0.25, 0.3) is 0 Å². The maximum atomic E-state index is 14.1. The molecule has 0 spiro atoms. The Morgan fingerprint density at radius 2 is 2.28 bits per heavy atom. The van der Waals surface area contributed by atoms with Gasteiger partial charge in [-0.2, -0.15) is 5.48 Å². The van der Waals surface area contributed by atoms with E-state index in [-0.39, 0.29) is 23.4 Å². The van der Waals surface area contributed by atoms with E-state index in [1.54, 1.807) is 13.2 Å². The lowest BCUT2D eigenvalue weighted by Crippen LogP contribution is -2.47.